The van der Waals surface area contributed by atoms with Crippen LogP contribution in [0.5, 0.6) is 5.88 Å². The lowest BCUT2D eigenvalue weighted by Crippen LogP contribution is -2.27. The number of hydrogen-bond acceptors (Lipinski definition) is 7. The molecule has 250 valence electrons. The number of benzene rings is 3. The molecule has 0 saturated carbocycles. The first-order valence-corrected chi connectivity index (χ1v) is 15.5. The SMILES string of the molecule is Cn1ncc(-c2ccc(COc3cccc(-c4cc(F)c(Cc5nc6ccc(C(=O)O)cc6n5[C@@H]5COCC5(C)C)cc4F)n3)c(F)c2)n1. The maximum absolute atomic E-state index is 15.7. The number of aryl methyl sites for hydroxylation is 1. The molecular formula is C36H31F3N6O4. The average Bonchev–Trinajstić information content (AvgIpc) is 3.76. The van der Waals surface area contributed by atoms with Gasteiger partial charge in [0.2, 0.25) is 5.88 Å². The standard InChI is InChI=1S/C36H31F3N6O4/c1-36(2)19-48-18-32(36)45-31-13-21(35(46)47)9-10-29(31)41-33(45)14-23-12-27(39)24(15-26(23)38)28-5-4-6-34(42-28)49-17-22-8-7-20(11-25(22)37)30-16-40-44(3)43-30/h4-13,15-16,32H,14,17-19H2,1-3H3,(H,46,47)/t32-/m1/s1. The molecule has 0 bridgehead atoms. The van der Waals surface area contributed by atoms with Crippen LogP contribution < -0.4 is 4.74 Å². The van der Waals surface area contributed by atoms with Crippen LogP contribution in [-0.4, -0.2) is 53.8 Å². The second-order valence-corrected chi connectivity index (χ2v) is 12.7. The number of pyridine rings is 1. The van der Waals surface area contributed by atoms with E-state index < -0.39 is 23.4 Å². The van der Waals surface area contributed by atoms with E-state index in [-0.39, 0.29) is 58.3 Å². The smallest absolute Gasteiger partial charge is 0.335 e. The number of aromatic nitrogens is 6. The monoisotopic (exact) mass is 668 g/mol. The summed E-state index contributed by atoms with van der Waals surface area (Å²) in [6.45, 7) is 4.78. The first-order valence-electron chi connectivity index (χ1n) is 15.5. The van der Waals surface area contributed by atoms with Crippen molar-refractivity contribution in [3.63, 3.8) is 0 Å². The minimum absolute atomic E-state index is 0.0511. The summed E-state index contributed by atoms with van der Waals surface area (Å²) in [4.78, 5) is 22.2. The fourth-order valence-electron chi connectivity index (χ4n) is 6.12. The number of rotatable bonds is 9. The van der Waals surface area contributed by atoms with Gasteiger partial charge in [0.15, 0.2) is 0 Å². The Labute approximate surface area is 278 Å². The molecule has 1 N–H and O–H groups in total. The van der Waals surface area contributed by atoms with Gasteiger partial charge in [-0.1, -0.05) is 32.0 Å². The van der Waals surface area contributed by atoms with E-state index in [0.29, 0.717) is 41.3 Å². The zero-order valence-electron chi connectivity index (χ0n) is 26.8. The second-order valence-electron chi connectivity index (χ2n) is 12.7. The summed E-state index contributed by atoms with van der Waals surface area (Å²) < 4.78 is 59.7. The fraction of sp³-hybridized carbons (Fsp3) is 0.250. The molecule has 6 aromatic rings. The molecule has 49 heavy (non-hydrogen) atoms. The summed E-state index contributed by atoms with van der Waals surface area (Å²) in [5, 5.41) is 17.8. The Kier molecular flexibility index (Phi) is 8.15. The van der Waals surface area contributed by atoms with Crippen LogP contribution in [0, 0.1) is 22.9 Å². The van der Waals surface area contributed by atoms with Crippen LogP contribution >= 0.6 is 0 Å². The van der Waals surface area contributed by atoms with Gasteiger partial charge in [-0.2, -0.15) is 15.0 Å². The predicted octanol–water partition coefficient (Wildman–Crippen LogP) is 6.78. The van der Waals surface area contributed by atoms with Crippen molar-refractivity contribution in [1.82, 2.24) is 29.5 Å². The number of carboxylic acids is 1. The molecule has 1 aliphatic heterocycles. The third-order valence-electron chi connectivity index (χ3n) is 8.78. The van der Waals surface area contributed by atoms with Crippen LogP contribution in [0.3, 0.4) is 0 Å². The van der Waals surface area contributed by atoms with E-state index >= 15 is 8.78 Å². The Morgan fingerprint density at radius 3 is 2.51 bits per heavy atom. The first kappa shape index (κ1) is 32.0. The highest BCUT2D eigenvalue weighted by molar-refractivity contribution is 5.92. The van der Waals surface area contributed by atoms with E-state index in [1.807, 2.05) is 18.4 Å². The van der Waals surface area contributed by atoms with Crippen molar-refractivity contribution in [3.05, 3.63) is 113 Å². The van der Waals surface area contributed by atoms with E-state index in [0.717, 1.165) is 12.1 Å². The molecule has 1 atom stereocenters. The predicted molar refractivity (Wildman–Crippen MR) is 173 cm³/mol. The largest absolute Gasteiger partial charge is 0.478 e. The van der Waals surface area contributed by atoms with Crippen LogP contribution in [0.15, 0.2) is 72.9 Å². The van der Waals surface area contributed by atoms with Crippen LogP contribution in [-0.2, 0) is 24.8 Å². The fourth-order valence-corrected chi connectivity index (χ4v) is 6.12. The summed E-state index contributed by atoms with van der Waals surface area (Å²) in [5.41, 5.74) is 2.41. The normalized spacial score (nSPS) is 15.6. The maximum Gasteiger partial charge on any atom is 0.335 e. The number of aromatic carboxylic acids is 1. The van der Waals surface area contributed by atoms with Gasteiger partial charge in [0.1, 0.15) is 35.6 Å². The summed E-state index contributed by atoms with van der Waals surface area (Å²) >= 11 is 0. The van der Waals surface area contributed by atoms with Crippen molar-refractivity contribution >= 4 is 17.0 Å². The van der Waals surface area contributed by atoms with Gasteiger partial charge in [-0.15, -0.1) is 0 Å². The summed E-state index contributed by atoms with van der Waals surface area (Å²) in [6, 6.07) is 15.9. The van der Waals surface area contributed by atoms with Crippen molar-refractivity contribution in [2.24, 2.45) is 12.5 Å². The highest BCUT2D eigenvalue weighted by atomic mass is 19.1. The number of hydrogen-bond donors (Lipinski definition) is 1. The van der Waals surface area contributed by atoms with E-state index in [2.05, 4.69) is 15.2 Å². The molecule has 1 fully saturated rings. The minimum Gasteiger partial charge on any atom is -0.478 e. The maximum atomic E-state index is 15.7. The molecule has 1 saturated heterocycles. The summed E-state index contributed by atoms with van der Waals surface area (Å²) in [5.74, 6) is -2.38. The highest BCUT2D eigenvalue weighted by Gasteiger charge is 2.39. The zero-order valence-corrected chi connectivity index (χ0v) is 26.8. The zero-order chi connectivity index (χ0) is 34.4. The van der Waals surface area contributed by atoms with E-state index in [1.165, 1.54) is 29.2 Å². The van der Waals surface area contributed by atoms with E-state index in [1.54, 1.807) is 43.4 Å². The van der Waals surface area contributed by atoms with Crippen molar-refractivity contribution in [1.29, 1.82) is 0 Å². The van der Waals surface area contributed by atoms with Gasteiger partial charge in [-0.05, 0) is 48.0 Å². The average molecular weight is 669 g/mol. The molecular weight excluding hydrogens is 637 g/mol. The van der Waals surface area contributed by atoms with Crippen LogP contribution in [0.25, 0.3) is 33.5 Å². The molecule has 13 heteroatoms. The van der Waals surface area contributed by atoms with E-state index in [9.17, 15) is 14.3 Å². The van der Waals surface area contributed by atoms with Crippen molar-refractivity contribution < 1.29 is 32.5 Å². The highest BCUT2D eigenvalue weighted by Crippen LogP contribution is 2.40. The minimum atomic E-state index is -1.08. The molecule has 10 nitrogen and oxygen atoms in total. The number of carboxylic acid groups (broad SMARTS) is 1. The van der Waals surface area contributed by atoms with Crippen LogP contribution in [0.4, 0.5) is 13.2 Å². The van der Waals surface area contributed by atoms with Crippen molar-refractivity contribution in [2.75, 3.05) is 13.2 Å². The van der Waals surface area contributed by atoms with Gasteiger partial charge in [0.25, 0.3) is 0 Å². The lowest BCUT2D eigenvalue weighted by molar-refractivity contribution is 0.0697. The molecule has 0 spiro atoms. The number of halogens is 3. The number of nitrogens with zero attached hydrogens (tertiary/aromatic N) is 6. The Morgan fingerprint density at radius 1 is 0.980 bits per heavy atom. The molecule has 0 unspecified atom stereocenters. The first-order chi connectivity index (χ1) is 23.5. The second kappa shape index (κ2) is 12.5. The van der Waals surface area contributed by atoms with Crippen molar-refractivity contribution in [2.45, 2.75) is 32.9 Å². The van der Waals surface area contributed by atoms with Gasteiger partial charge in [0.05, 0.1) is 47.7 Å². The lowest BCUT2D eigenvalue weighted by atomic mass is 9.87. The Balaban J connectivity index is 1.14. The molecule has 0 amide bonds. The topological polar surface area (TPSA) is 117 Å². The molecule has 4 heterocycles. The molecule has 3 aromatic carbocycles. The van der Waals surface area contributed by atoms with Gasteiger partial charge in [0, 0.05) is 41.6 Å². The van der Waals surface area contributed by atoms with Gasteiger partial charge >= 0.3 is 5.97 Å². The van der Waals surface area contributed by atoms with Gasteiger partial charge in [-0.25, -0.2) is 27.9 Å². The molecule has 0 aliphatic carbocycles. The molecule has 3 aromatic heterocycles. The van der Waals surface area contributed by atoms with E-state index in [4.69, 9.17) is 14.5 Å². The summed E-state index contributed by atoms with van der Waals surface area (Å²) in [7, 11) is 1.67. The summed E-state index contributed by atoms with van der Waals surface area (Å²) in [6.07, 6.45) is 1.49. The molecule has 7 rings (SSSR count). The lowest BCUT2D eigenvalue weighted by Gasteiger charge is -2.28. The van der Waals surface area contributed by atoms with Crippen LogP contribution in [0.1, 0.15) is 47.2 Å². The number of fused-ring (bicyclic) bond motifs is 1. The van der Waals surface area contributed by atoms with Gasteiger partial charge < -0.3 is 19.1 Å². The third kappa shape index (κ3) is 6.24. The van der Waals surface area contributed by atoms with Crippen LogP contribution in [0.2, 0.25) is 0 Å². The number of imidazole rings is 1. The molecule has 0 radical (unpaired) electrons. The number of carbonyl (C=O) groups is 1. The Hall–Kier alpha value is -5.56. The Bertz CT molecular complexity index is 2230. The molecule has 1 aliphatic rings. The Morgan fingerprint density at radius 2 is 1.80 bits per heavy atom. The quantitative estimate of drug-likeness (QED) is 0.179. The number of ether oxygens (including phenoxy) is 2. The third-order valence-corrected chi connectivity index (χ3v) is 8.78. The van der Waals surface area contributed by atoms with Gasteiger partial charge in [-0.3, -0.25) is 0 Å². The van der Waals surface area contributed by atoms with Crippen molar-refractivity contribution in [3.8, 4) is 28.4 Å².